The van der Waals surface area contributed by atoms with Crippen LogP contribution in [-0.2, 0) is 14.2 Å². The quantitative estimate of drug-likeness (QED) is 0.627. The van der Waals surface area contributed by atoms with Crippen LogP contribution in [-0.4, -0.2) is 35.0 Å². The van der Waals surface area contributed by atoms with Crippen LogP contribution in [0.15, 0.2) is 0 Å². The summed E-state index contributed by atoms with van der Waals surface area (Å²) in [6.45, 7) is 3.68. The predicted molar refractivity (Wildman–Crippen MR) is 47.5 cm³/mol. The molecule has 3 fully saturated rings. The Morgan fingerprint density at radius 2 is 1.86 bits per heavy atom. The van der Waals surface area contributed by atoms with Gasteiger partial charge in [-0.3, -0.25) is 0 Å². The minimum absolute atomic E-state index is 0.301. The number of hydrogen-bond donors (Lipinski definition) is 1. The third kappa shape index (κ3) is 1.03. The van der Waals surface area contributed by atoms with E-state index in [4.69, 9.17) is 14.2 Å². The largest absolute Gasteiger partial charge is 0.387 e. The normalized spacial score (nSPS) is 47.8. The number of aliphatic hydroxyl groups is 1. The van der Waals surface area contributed by atoms with Crippen LogP contribution in [0, 0.1) is 0 Å². The summed E-state index contributed by atoms with van der Waals surface area (Å²) < 4.78 is 16.9. The van der Waals surface area contributed by atoms with Crippen molar-refractivity contribution in [3.05, 3.63) is 0 Å². The first-order chi connectivity index (χ1) is 6.53. The molecule has 4 heteroatoms. The molecule has 0 unspecified atom stereocenters. The number of rotatable bonds is 0. The van der Waals surface area contributed by atoms with Crippen LogP contribution in [0.25, 0.3) is 0 Å². The Labute approximate surface area is 83.1 Å². The summed E-state index contributed by atoms with van der Waals surface area (Å²) in [4.78, 5) is 0. The van der Waals surface area contributed by atoms with Gasteiger partial charge in [-0.1, -0.05) is 0 Å². The first-order valence-corrected chi connectivity index (χ1v) is 5.24. The highest BCUT2D eigenvalue weighted by molar-refractivity contribution is 5.07. The Kier molecular flexibility index (Phi) is 1.62. The summed E-state index contributed by atoms with van der Waals surface area (Å²) >= 11 is 0. The molecule has 0 amide bonds. The lowest BCUT2D eigenvalue weighted by Crippen LogP contribution is -2.49. The van der Waals surface area contributed by atoms with Crippen molar-refractivity contribution in [2.75, 3.05) is 0 Å². The second kappa shape index (κ2) is 2.50. The van der Waals surface area contributed by atoms with E-state index in [0.717, 1.165) is 19.3 Å². The van der Waals surface area contributed by atoms with E-state index in [1.807, 2.05) is 13.8 Å². The van der Waals surface area contributed by atoms with E-state index >= 15 is 0 Å². The third-order valence-electron chi connectivity index (χ3n) is 3.49. The van der Waals surface area contributed by atoms with Gasteiger partial charge in [-0.15, -0.1) is 0 Å². The second-order valence-electron chi connectivity index (χ2n) is 4.95. The van der Waals surface area contributed by atoms with Gasteiger partial charge >= 0.3 is 0 Å². The van der Waals surface area contributed by atoms with Gasteiger partial charge in [-0.2, -0.15) is 0 Å². The maximum atomic E-state index is 10.1. The van der Waals surface area contributed by atoms with Crippen LogP contribution < -0.4 is 0 Å². The van der Waals surface area contributed by atoms with Crippen molar-refractivity contribution >= 4 is 0 Å². The third-order valence-corrected chi connectivity index (χ3v) is 3.49. The van der Waals surface area contributed by atoms with E-state index in [0.29, 0.717) is 0 Å². The van der Waals surface area contributed by atoms with E-state index in [9.17, 15) is 5.11 Å². The summed E-state index contributed by atoms with van der Waals surface area (Å²) in [5.41, 5.74) is -0.355. The molecule has 80 valence electrons. The van der Waals surface area contributed by atoms with Gasteiger partial charge in [0.15, 0.2) is 12.1 Å². The molecule has 0 aromatic rings. The van der Waals surface area contributed by atoms with E-state index in [1.54, 1.807) is 0 Å². The van der Waals surface area contributed by atoms with Gasteiger partial charge in [0.1, 0.15) is 17.8 Å². The number of ether oxygens (including phenoxy) is 3. The summed E-state index contributed by atoms with van der Waals surface area (Å²) in [6, 6.07) is 0. The predicted octanol–water partition coefficient (Wildman–Crippen LogP) is 0.778. The molecule has 0 radical (unpaired) electrons. The molecule has 3 atom stereocenters. The zero-order valence-electron chi connectivity index (χ0n) is 8.53. The van der Waals surface area contributed by atoms with Gasteiger partial charge in [-0.25, -0.2) is 0 Å². The van der Waals surface area contributed by atoms with Crippen LogP contribution in [0.2, 0.25) is 0 Å². The molecule has 2 aliphatic heterocycles. The molecule has 4 nitrogen and oxygen atoms in total. The van der Waals surface area contributed by atoms with Crippen LogP contribution in [0.4, 0.5) is 0 Å². The molecule has 2 saturated heterocycles. The molecule has 3 rings (SSSR count). The average Bonchev–Trinajstić information content (AvgIpc) is 2.42. The zero-order valence-corrected chi connectivity index (χ0v) is 8.53. The van der Waals surface area contributed by atoms with Crippen LogP contribution >= 0.6 is 0 Å². The number of hydrogen-bond acceptors (Lipinski definition) is 4. The Morgan fingerprint density at radius 1 is 1.14 bits per heavy atom. The molecule has 1 aliphatic carbocycles. The van der Waals surface area contributed by atoms with Crippen molar-refractivity contribution in [3.8, 4) is 0 Å². The molecular weight excluding hydrogens is 184 g/mol. The Hall–Kier alpha value is -0.160. The fourth-order valence-corrected chi connectivity index (χ4v) is 2.60. The number of aliphatic hydroxyl groups excluding tert-OH is 1. The summed E-state index contributed by atoms with van der Waals surface area (Å²) in [6.07, 6.45) is 1.77. The highest BCUT2D eigenvalue weighted by Crippen LogP contribution is 2.50. The maximum absolute atomic E-state index is 10.1. The van der Waals surface area contributed by atoms with Gasteiger partial charge in [0, 0.05) is 0 Å². The maximum Gasteiger partial charge on any atom is 0.190 e. The Bertz CT molecular complexity index is 259. The van der Waals surface area contributed by atoms with Gasteiger partial charge in [0.2, 0.25) is 0 Å². The number of fused-ring (bicyclic) bond motifs is 1. The average molecular weight is 200 g/mol. The SMILES string of the molecule is CC1(C)O[C@H]2OC3(CCC3)[C@H](O)[C@H]2O1. The van der Waals surface area contributed by atoms with Gasteiger partial charge in [-0.05, 0) is 33.1 Å². The molecule has 0 aromatic carbocycles. The Morgan fingerprint density at radius 3 is 2.36 bits per heavy atom. The Balaban J connectivity index is 1.81. The van der Waals surface area contributed by atoms with E-state index in [1.165, 1.54) is 0 Å². The van der Waals surface area contributed by atoms with E-state index in [2.05, 4.69) is 0 Å². The standard InChI is InChI=1S/C10H16O4/c1-9(2)12-6-7(11)10(4-3-5-10)14-8(6)13-9/h6-8,11H,3-5H2,1-2H3/t6-,7-,8+/m1/s1. The molecule has 2 heterocycles. The van der Waals surface area contributed by atoms with Gasteiger partial charge in [0.05, 0.1) is 0 Å². The molecule has 3 aliphatic rings. The van der Waals surface area contributed by atoms with Crippen molar-refractivity contribution < 1.29 is 19.3 Å². The molecular formula is C10H16O4. The molecule has 1 N–H and O–H groups in total. The zero-order chi connectivity index (χ0) is 9.97. The molecule has 1 saturated carbocycles. The topological polar surface area (TPSA) is 47.9 Å². The van der Waals surface area contributed by atoms with Crippen molar-refractivity contribution in [3.63, 3.8) is 0 Å². The minimum atomic E-state index is -0.623. The molecule has 0 bridgehead atoms. The van der Waals surface area contributed by atoms with Gasteiger partial charge in [0.25, 0.3) is 0 Å². The van der Waals surface area contributed by atoms with Crippen LogP contribution in [0.1, 0.15) is 33.1 Å². The fraction of sp³-hybridized carbons (Fsp3) is 1.00. The van der Waals surface area contributed by atoms with Crippen molar-refractivity contribution in [2.24, 2.45) is 0 Å². The van der Waals surface area contributed by atoms with E-state index < -0.39 is 11.9 Å². The van der Waals surface area contributed by atoms with E-state index in [-0.39, 0.29) is 18.0 Å². The molecule has 0 aromatic heterocycles. The molecule has 1 spiro atoms. The fourth-order valence-electron chi connectivity index (χ4n) is 2.60. The smallest absolute Gasteiger partial charge is 0.190 e. The highest BCUT2D eigenvalue weighted by atomic mass is 16.8. The highest BCUT2D eigenvalue weighted by Gasteiger charge is 2.63. The van der Waals surface area contributed by atoms with Crippen LogP contribution in [0.5, 0.6) is 0 Å². The lowest BCUT2D eigenvalue weighted by molar-refractivity contribution is -0.254. The summed E-state index contributed by atoms with van der Waals surface area (Å²) in [5, 5.41) is 10.1. The monoisotopic (exact) mass is 200 g/mol. The van der Waals surface area contributed by atoms with Crippen LogP contribution in [0.3, 0.4) is 0 Å². The van der Waals surface area contributed by atoms with Gasteiger partial charge < -0.3 is 19.3 Å². The van der Waals surface area contributed by atoms with Crippen molar-refractivity contribution in [1.29, 1.82) is 0 Å². The van der Waals surface area contributed by atoms with Crippen molar-refractivity contribution in [1.82, 2.24) is 0 Å². The summed E-state index contributed by atoms with van der Waals surface area (Å²) in [5.74, 6) is -0.623. The first-order valence-electron chi connectivity index (χ1n) is 5.24. The molecule has 14 heavy (non-hydrogen) atoms. The first kappa shape index (κ1) is 9.09. The minimum Gasteiger partial charge on any atom is -0.387 e. The second-order valence-corrected chi connectivity index (χ2v) is 4.95. The lowest BCUT2D eigenvalue weighted by Gasteiger charge is -2.41. The summed E-state index contributed by atoms with van der Waals surface area (Å²) in [7, 11) is 0. The van der Waals surface area contributed by atoms with Crippen molar-refractivity contribution in [2.45, 2.75) is 63.0 Å². The lowest BCUT2D eigenvalue weighted by atomic mass is 9.76.